The van der Waals surface area contributed by atoms with Crippen LogP contribution in [0.2, 0.25) is 0 Å². The highest BCUT2D eigenvalue weighted by molar-refractivity contribution is 5.97. The highest BCUT2D eigenvalue weighted by Crippen LogP contribution is 2.37. The van der Waals surface area contributed by atoms with E-state index >= 15 is 0 Å². The van der Waals surface area contributed by atoms with Gasteiger partial charge in [-0.3, -0.25) is 19.6 Å². The molecule has 1 atom stereocenters. The third kappa shape index (κ3) is 5.69. The van der Waals surface area contributed by atoms with Crippen LogP contribution in [0.3, 0.4) is 0 Å². The van der Waals surface area contributed by atoms with Crippen LogP contribution in [0.25, 0.3) is 0 Å². The number of hydrogen-bond donors (Lipinski definition) is 1. The quantitative estimate of drug-likeness (QED) is 0.592. The minimum Gasteiger partial charge on any atom is -0.325 e. The molecule has 0 saturated heterocycles. The number of anilines is 1. The average Bonchev–Trinajstić information content (AvgIpc) is 3.56. The van der Waals surface area contributed by atoms with Gasteiger partial charge < -0.3 is 10.2 Å². The Labute approximate surface area is 180 Å². The summed E-state index contributed by atoms with van der Waals surface area (Å²) in [4.78, 5) is 35.8. The maximum atomic E-state index is 13.2. The predicted octanol–water partition coefficient (Wildman–Crippen LogP) is 3.50. The van der Waals surface area contributed by atoms with Crippen LogP contribution in [0.4, 0.5) is 10.1 Å². The van der Waals surface area contributed by atoms with Gasteiger partial charge in [0.05, 0.1) is 11.9 Å². The molecule has 31 heavy (non-hydrogen) atoms. The fraction of sp³-hybridized carbons (Fsp3) is 0.364. The van der Waals surface area contributed by atoms with Crippen LogP contribution in [0.15, 0.2) is 53.1 Å². The van der Waals surface area contributed by atoms with Crippen LogP contribution >= 0.6 is 0 Å². The van der Waals surface area contributed by atoms with E-state index in [2.05, 4.69) is 31.4 Å². The molecule has 160 valence electrons. The van der Waals surface area contributed by atoms with Crippen LogP contribution in [0, 0.1) is 18.2 Å². The van der Waals surface area contributed by atoms with Crippen molar-refractivity contribution in [3.8, 4) is 12.3 Å². The molecule has 1 aliphatic heterocycles. The molecule has 1 aromatic carbocycles. The lowest BCUT2D eigenvalue weighted by Crippen LogP contribution is -2.43. The lowest BCUT2D eigenvalue weighted by Gasteiger charge is -2.31. The molecule has 0 saturated carbocycles. The van der Waals surface area contributed by atoms with Crippen molar-refractivity contribution in [3.05, 3.63) is 54.4 Å². The number of nitrogens with zero attached hydrogens (tertiary/aromatic N) is 5. The maximum absolute atomic E-state index is 13.2. The van der Waals surface area contributed by atoms with Crippen LogP contribution in [0.1, 0.15) is 44.3 Å². The first-order valence-electron chi connectivity index (χ1n) is 9.97. The van der Waals surface area contributed by atoms with Gasteiger partial charge in [0, 0.05) is 50.3 Å². The number of amides is 2. The van der Waals surface area contributed by atoms with E-state index in [1.54, 1.807) is 6.92 Å². The minimum absolute atomic E-state index is 0.201. The average molecular weight is 422 g/mol. The van der Waals surface area contributed by atoms with Gasteiger partial charge in [0.2, 0.25) is 5.91 Å². The van der Waals surface area contributed by atoms with E-state index in [0.29, 0.717) is 30.6 Å². The number of nitrogens with one attached hydrogen (secondary N) is 1. The smallest absolute Gasteiger partial charge is 0.253 e. The van der Waals surface area contributed by atoms with Gasteiger partial charge in [-0.15, -0.1) is 12.3 Å². The molecule has 1 aromatic heterocycles. The van der Waals surface area contributed by atoms with Crippen molar-refractivity contribution < 1.29 is 14.0 Å². The molecule has 0 aliphatic carbocycles. The number of carbonyl (C=O) groups is 2. The molecule has 0 spiro atoms. The summed E-state index contributed by atoms with van der Waals surface area (Å²) in [5, 5.41) is 11.0. The topological polar surface area (TPSA) is 99.9 Å². The molecule has 2 heterocycles. The SMILES string of the molecule is C#CCCC1(CCN(C(=O)CC)C(C(=O)Nc2ccc(F)cc2)c2cnccn2)N=N1. The molecule has 3 rings (SSSR count). The molecule has 0 bridgehead atoms. The second-order valence-corrected chi connectivity index (χ2v) is 7.11. The maximum Gasteiger partial charge on any atom is 0.253 e. The Bertz CT molecular complexity index is 981. The van der Waals surface area contributed by atoms with Gasteiger partial charge in [-0.1, -0.05) is 6.92 Å². The third-order valence-electron chi connectivity index (χ3n) is 4.96. The molecule has 1 aliphatic rings. The van der Waals surface area contributed by atoms with E-state index in [9.17, 15) is 14.0 Å². The number of rotatable bonds is 10. The Hall–Kier alpha value is -3.67. The lowest BCUT2D eigenvalue weighted by atomic mass is 10.0. The molecule has 1 N–H and O–H groups in total. The van der Waals surface area contributed by atoms with Crippen molar-refractivity contribution in [2.45, 2.75) is 44.3 Å². The second-order valence-electron chi connectivity index (χ2n) is 7.11. The fourth-order valence-corrected chi connectivity index (χ4v) is 3.20. The highest BCUT2D eigenvalue weighted by atomic mass is 19.1. The van der Waals surface area contributed by atoms with E-state index in [4.69, 9.17) is 6.42 Å². The number of carbonyl (C=O) groups excluding carboxylic acids is 2. The molecule has 2 aromatic rings. The van der Waals surface area contributed by atoms with E-state index in [-0.39, 0.29) is 18.9 Å². The summed E-state index contributed by atoms with van der Waals surface area (Å²) in [5.41, 5.74) is 0.132. The standard InChI is InChI=1S/C22H23FN6O2/c1-3-5-10-22(27-28-22)11-14-29(19(30)4-2)20(18-15-24-12-13-25-18)21(31)26-17-8-6-16(23)7-9-17/h1,6-9,12-13,15,20H,4-5,10-11,14H2,2H3,(H,26,31). The molecule has 2 amide bonds. The molecular weight excluding hydrogens is 399 g/mol. The van der Waals surface area contributed by atoms with E-state index < -0.39 is 23.4 Å². The number of halogens is 1. The first kappa shape index (κ1) is 22.0. The monoisotopic (exact) mass is 422 g/mol. The Morgan fingerprint density at radius 1 is 1.23 bits per heavy atom. The van der Waals surface area contributed by atoms with Crippen LogP contribution in [0.5, 0.6) is 0 Å². The third-order valence-corrected chi connectivity index (χ3v) is 4.96. The van der Waals surface area contributed by atoms with Gasteiger partial charge in [-0.25, -0.2) is 4.39 Å². The van der Waals surface area contributed by atoms with Gasteiger partial charge in [0.25, 0.3) is 5.91 Å². The van der Waals surface area contributed by atoms with Gasteiger partial charge in [-0.2, -0.15) is 10.2 Å². The lowest BCUT2D eigenvalue weighted by molar-refractivity contribution is -0.139. The molecule has 8 nitrogen and oxygen atoms in total. The molecular formula is C22H23FN6O2. The van der Waals surface area contributed by atoms with Gasteiger partial charge in [-0.05, 0) is 24.3 Å². The Kier molecular flexibility index (Phi) is 7.03. The summed E-state index contributed by atoms with van der Waals surface area (Å²) in [7, 11) is 0. The van der Waals surface area contributed by atoms with Crippen molar-refractivity contribution in [2.24, 2.45) is 10.2 Å². The fourth-order valence-electron chi connectivity index (χ4n) is 3.20. The van der Waals surface area contributed by atoms with Crippen molar-refractivity contribution in [1.82, 2.24) is 14.9 Å². The van der Waals surface area contributed by atoms with Gasteiger partial charge >= 0.3 is 0 Å². The number of hydrogen-bond acceptors (Lipinski definition) is 6. The van der Waals surface area contributed by atoms with E-state index in [1.165, 1.54) is 47.8 Å². The molecule has 0 fully saturated rings. The molecule has 1 unspecified atom stereocenters. The van der Waals surface area contributed by atoms with Crippen molar-refractivity contribution in [3.63, 3.8) is 0 Å². The zero-order valence-corrected chi connectivity index (χ0v) is 17.2. The summed E-state index contributed by atoms with van der Waals surface area (Å²) in [6.07, 6.45) is 11.5. The normalized spacial score (nSPS) is 14.4. The summed E-state index contributed by atoms with van der Waals surface area (Å²) >= 11 is 0. The van der Waals surface area contributed by atoms with Crippen molar-refractivity contribution in [1.29, 1.82) is 0 Å². The number of terminal acetylenes is 1. The number of benzene rings is 1. The van der Waals surface area contributed by atoms with E-state index in [1.807, 2.05) is 0 Å². The van der Waals surface area contributed by atoms with Crippen LogP contribution < -0.4 is 5.32 Å². The predicted molar refractivity (Wildman–Crippen MR) is 112 cm³/mol. The van der Waals surface area contributed by atoms with Crippen molar-refractivity contribution >= 4 is 17.5 Å². The molecule has 9 heteroatoms. The first-order valence-corrected chi connectivity index (χ1v) is 9.97. The number of aromatic nitrogens is 2. The summed E-state index contributed by atoms with van der Waals surface area (Å²) in [5.74, 6) is 1.46. The van der Waals surface area contributed by atoms with Gasteiger partial charge in [0.1, 0.15) is 5.82 Å². The summed E-state index contributed by atoms with van der Waals surface area (Å²) in [6, 6.07) is 4.36. The Balaban J connectivity index is 1.85. The Morgan fingerprint density at radius 2 is 1.97 bits per heavy atom. The summed E-state index contributed by atoms with van der Waals surface area (Å²) < 4.78 is 13.2. The summed E-state index contributed by atoms with van der Waals surface area (Å²) in [6.45, 7) is 1.96. The minimum atomic E-state index is -1.02. The Morgan fingerprint density at radius 3 is 2.55 bits per heavy atom. The largest absolute Gasteiger partial charge is 0.325 e. The van der Waals surface area contributed by atoms with Crippen molar-refractivity contribution in [2.75, 3.05) is 11.9 Å². The second kappa shape index (κ2) is 9.89. The van der Waals surface area contributed by atoms with E-state index in [0.717, 1.165) is 0 Å². The zero-order valence-electron chi connectivity index (χ0n) is 17.2. The van der Waals surface area contributed by atoms with Gasteiger partial charge in [0.15, 0.2) is 11.7 Å². The first-order chi connectivity index (χ1) is 15.0. The molecule has 0 radical (unpaired) electrons. The van der Waals surface area contributed by atoms with Crippen LogP contribution in [-0.4, -0.2) is 38.9 Å². The zero-order chi connectivity index (χ0) is 22.3. The highest BCUT2D eigenvalue weighted by Gasteiger charge is 2.41. The van der Waals surface area contributed by atoms with Crippen LogP contribution in [-0.2, 0) is 9.59 Å².